The van der Waals surface area contributed by atoms with Crippen molar-refractivity contribution in [2.75, 3.05) is 26.2 Å². The normalized spacial score (nSPS) is 16.9. The Balaban J connectivity index is 1.91. The second kappa shape index (κ2) is 5.23. The zero-order chi connectivity index (χ0) is 13.2. The van der Waals surface area contributed by atoms with Gasteiger partial charge in [-0.15, -0.1) is 0 Å². The van der Waals surface area contributed by atoms with Crippen molar-refractivity contribution in [3.05, 3.63) is 41.3 Å². The van der Waals surface area contributed by atoms with Gasteiger partial charge in [0.05, 0.1) is 11.2 Å². The van der Waals surface area contributed by atoms with Crippen LogP contribution in [0.3, 0.4) is 0 Å². The molecule has 100 valence electrons. The molecule has 3 rings (SSSR count). The van der Waals surface area contributed by atoms with Crippen LogP contribution >= 0.6 is 0 Å². The number of pyridine rings is 1. The minimum absolute atomic E-state index is 0.225. The van der Waals surface area contributed by atoms with E-state index in [1.807, 2.05) is 0 Å². The van der Waals surface area contributed by atoms with E-state index >= 15 is 0 Å². The largest absolute Gasteiger partial charge is 0.314 e. The van der Waals surface area contributed by atoms with Gasteiger partial charge in [-0.2, -0.15) is 0 Å². The van der Waals surface area contributed by atoms with Crippen molar-refractivity contribution in [3.63, 3.8) is 0 Å². The maximum Gasteiger partial charge on any atom is 0.125 e. The number of aryl methyl sites for hydroxylation is 1. The molecule has 1 N–H and O–H groups in total. The van der Waals surface area contributed by atoms with E-state index < -0.39 is 0 Å². The van der Waals surface area contributed by atoms with E-state index in [9.17, 15) is 4.39 Å². The van der Waals surface area contributed by atoms with Crippen LogP contribution in [0.25, 0.3) is 10.9 Å². The molecule has 19 heavy (non-hydrogen) atoms. The number of nitrogens with one attached hydrogen (secondary N) is 1. The number of nitrogens with zero attached hydrogens (tertiary/aromatic N) is 2. The average Bonchev–Trinajstić information content (AvgIpc) is 2.41. The summed E-state index contributed by atoms with van der Waals surface area (Å²) in [5.41, 5.74) is 2.98. The second-order valence-electron chi connectivity index (χ2n) is 5.12. The van der Waals surface area contributed by atoms with E-state index in [-0.39, 0.29) is 5.82 Å². The van der Waals surface area contributed by atoms with E-state index in [2.05, 4.69) is 28.2 Å². The maximum atomic E-state index is 13.3. The highest BCUT2D eigenvalue weighted by atomic mass is 19.1. The van der Waals surface area contributed by atoms with Gasteiger partial charge in [0, 0.05) is 44.2 Å². The number of piperazine rings is 1. The molecule has 1 saturated heterocycles. The lowest BCUT2D eigenvalue weighted by molar-refractivity contribution is 0.230. The summed E-state index contributed by atoms with van der Waals surface area (Å²) < 4.78 is 13.3. The summed E-state index contributed by atoms with van der Waals surface area (Å²) in [6, 6.07) is 6.88. The topological polar surface area (TPSA) is 28.2 Å². The van der Waals surface area contributed by atoms with Gasteiger partial charge in [0.2, 0.25) is 0 Å². The molecule has 0 radical (unpaired) electrons. The lowest BCUT2D eigenvalue weighted by Gasteiger charge is -2.27. The zero-order valence-corrected chi connectivity index (χ0v) is 11.1. The Labute approximate surface area is 112 Å². The first-order valence-corrected chi connectivity index (χ1v) is 6.71. The standard InChI is InChI=1S/C15H18FN3/c1-11-8-12-2-3-13(16)9-14(12)18-15(11)10-19-6-4-17-5-7-19/h2-3,8-9,17H,4-7,10H2,1H3. The summed E-state index contributed by atoms with van der Waals surface area (Å²) in [5.74, 6) is -0.225. The first-order chi connectivity index (χ1) is 9.22. The Morgan fingerprint density at radius 2 is 2.05 bits per heavy atom. The Morgan fingerprint density at radius 3 is 2.84 bits per heavy atom. The molecule has 3 nitrogen and oxygen atoms in total. The fourth-order valence-corrected chi connectivity index (χ4v) is 2.53. The number of aromatic nitrogens is 1. The van der Waals surface area contributed by atoms with Gasteiger partial charge in [-0.3, -0.25) is 9.88 Å². The van der Waals surface area contributed by atoms with E-state index in [0.29, 0.717) is 0 Å². The Bertz CT molecular complexity index is 591. The highest BCUT2D eigenvalue weighted by Gasteiger charge is 2.12. The third-order valence-electron chi connectivity index (χ3n) is 3.66. The Hall–Kier alpha value is -1.52. The number of halogens is 1. The van der Waals surface area contributed by atoms with Crippen molar-refractivity contribution in [1.29, 1.82) is 0 Å². The van der Waals surface area contributed by atoms with Crippen LogP contribution < -0.4 is 5.32 Å². The molecule has 1 fully saturated rings. The molecule has 0 aliphatic carbocycles. The molecule has 1 aromatic carbocycles. The van der Waals surface area contributed by atoms with Crippen LogP contribution in [0.2, 0.25) is 0 Å². The first kappa shape index (κ1) is 12.5. The summed E-state index contributed by atoms with van der Waals surface area (Å²) in [7, 11) is 0. The summed E-state index contributed by atoms with van der Waals surface area (Å²) in [6.45, 7) is 7.07. The van der Waals surface area contributed by atoms with Crippen molar-refractivity contribution in [1.82, 2.24) is 15.2 Å². The smallest absolute Gasteiger partial charge is 0.125 e. The highest BCUT2D eigenvalue weighted by Crippen LogP contribution is 2.18. The van der Waals surface area contributed by atoms with Crippen LogP contribution in [0.15, 0.2) is 24.3 Å². The van der Waals surface area contributed by atoms with Crippen LogP contribution in [-0.4, -0.2) is 36.1 Å². The molecule has 0 bridgehead atoms. The molecule has 0 unspecified atom stereocenters. The molecule has 1 aliphatic heterocycles. The molecular formula is C15H18FN3. The van der Waals surface area contributed by atoms with Crippen molar-refractivity contribution < 1.29 is 4.39 Å². The van der Waals surface area contributed by atoms with Gasteiger partial charge in [0.1, 0.15) is 5.82 Å². The van der Waals surface area contributed by atoms with Gasteiger partial charge >= 0.3 is 0 Å². The SMILES string of the molecule is Cc1cc2ccc(F)cc2nc1CN1CCNCC1. The predicted octanol–water partition coefficient (Wildman–Crippen LogP) is 2.09. The molecule has 1 aliphatic rings. The molecule has 2 heterocycles. The average molecular weight is 259 g/mol. The summed E-state index contributed by atoms with van der Waals surface area (Å²) in [6.07, 6.45) is 0. The number of fused-ring (bicyclic) bond motifs is 1. The van der Waals surface area contributed by atoms with E-state index in [0.717, 1.165) is 49.3 Å². The van der Waals surface area contributed by atoms with Gasteiger partial charge in [0.25, 0.3) is 0 Å². The van der Waals surface area contributed by atoms with E-state index in [4.69, 9.17) is 0 Å². The van der Waals surface area contributed by atoms with Crippen LogP contribution in [0.1, 0.15) is 11.3 Å². The molecule has 0 spiro atoms. The monoisotopic (exact) mass is 259 g/mol. The van der Waals surface area contributed by atoms with Crippen molar-refractivity contribution in [2.24, 2.45) is 0 Å². The third-order valence-corrected chi connectivity index (χ3v) is 3.66. The summed E-state index contributed by atoms with van der Waals surface area (Å²) in [4.78, 5) is 7.01. The minimum Gasteiger partial charge on any atom is -0.314 e. The molecule has 0 amide bonds. The summed E-state index contributed by atoms with van der Waals surface area (Å²) >= 11 is 0. The van der Waals surface area contributed by atoms with Gasteiger partial charge in [-0.05, 0) is 30.7 Å². The van der Waals surface area contributed by atoms with E-state index in [1.165, 1.54) is 17.7 Å². The quantitative estimate of drug-likeness (QED) is 0.895. The van der Waals surface area contributed by atoms with Gasteiger partial charge in [-0.1, -0.05) is 0 Å². The number of hydrogen-bond acceptors (Lipinski definition) is 3. The minimum atomic E-state index is -0.225. The molecule has 2 aromatic rings. The highest BCUT2D eigenvalue weighted by molar-refractivity contribution is 5.79. The fraction of sp³-hybridized carbons (Fsp3) is 0.400. The fourth-order valence-electron chi connectivity index (χ4n) is 2.53. The number of rotatable bonds is 2. The number of hydrogen-bond donors (Lipinski definition) is 1. The number of benzene rings is 1. The Kier molecular flexibility index (Phi) is 3.44. The van der Waals surface area contributed by atoms with Crippen molar-refractivity contribution >= 4 is 10.9 Å². The first-order valence-electron chi connectivity index (χ1n) is 6.71. The zero-order valence-electron chi connectivity index (χ0n) is 11.1. The molecular weight excluding hydrogens is 241 g/mol. The van der Waals surface area contributed by atoms with E-state index in [1.54, 1.807) is 6.07 Å². The van der Waals surface area contributed by atoms with Crippen LogP contribution in [0.5, 0.6) is 0 Å². The van der Waals surface area contributed by atoms with Crippen LogP contribution in [-0.2, 0) is 6.54 Å². The van der Waals surface area contributed by atoms with Gasteiger partial charge in [0.15, 0.2) is 0 Å². The lowest BCUT2D eigenvalue weighted by atomic mass is 10.1. The van der Waals surface area contributed by atoms with Gasteiger partial charge in [-0.25, -0.2) is 4.39 Å². The molecule has 1 aromatic heterocycles. The molecule has 0 atom stereocenters. The third kappa shape index (κ3) is 2.74. The van der Waals surface area contributed by atoms with Crippen molar-refractivity contribution in [2.45, 2.75) is 13.5 Å². The molecule has 0 saturated carbocycles. The van der Waals surface area contributed by atoms with Gasteiger partial charge < -0.3 is 5.32 Å². The van der Waals surface area contributed by atoms with Crippen molar-refractivity contribution in [3.8, 4) is 0 Å². The molecule has 4 heteroatoms. The predicted molar refractivity (Wildman–Crippen MR) is 74.6 cm³/mol. The maximum absolute atomic E-state index is 13.3. The van der Waals surface area contributed by atoms with Crippen LogP contribution in [0, 0.1) is 12.7 Å². The van der Waals surface area contributed by atoms with Crippen LogP contribution in [0.4, 0.5) is 4.39 Å². The Morgan fingerprint density at radius 1 is 1.26 bits per heavy atom. The second-order valence-corrected chi connectivity index (χ2v) is 5.12. The summed E-state index contributed by atoms with van der Waals surface area (Å²) in [5, 5.41) is 4.34. The lowest BCUT2D eigenvalue weighted by Crippen LogP contribution is -2.43.